The monoisotopic (exact) mass is 673 g/mol. The number of anilines is 1. The number of nitrogens with zero attached hydrogens (tertiary/aromatic N) is 3. The van der Waals surface area contributed by atoms with Crippen LogP contribution in [0.5, 0.6) is 0 Å². The van der Waals surface area contributed by atoms with Crippen LogP contribution in [0.25, 0.3) is 11.3 Å². The van der Waals surface area contributed by atoms with E-state index >= 15 is 0 Å². The topological polar surface area (TPSA) is 65.8 Å². The fourth-order valence-corrected chi connectivity index (χ4v) is 3.34. The number of rotatable bonds is 3. The predicted molar refractivity (Wildman–Crippen MR) is 129 cm³/mol. The molecule has 36 heavy (non-hydrogen) atoms. The summed E-state index contributed by atoms with van der Waals surface area (Å²) in [6, 6.07) is 15.0. The minimum atomic E-state index is -0.649. The summed E-state index contributed by atoms with van der Waals surface area (Å²) in [7, 11) is 0. The van der Waals surface area contributed by atoms with Gasteiger partial charge in [-0.15, -0.1) is 12.1 Å². The molecule has 1 radical (unpaired) electrons. The number of hydrogen-bond donors (Lipinski definition) is 1. The van der Waals surface area contributed by atoms with Crippen LogP contribution >= 0.6 is 0 Å². The van der Waals surface area contributed by atoms with Crippen LogP contribution in [-0.4, -0.2) is 21.7 Å². The number of halogens is 3. The van der Waals surface area contributed by atoms with Crippen molar-refractivity contribution in [1.82, 2.24) is 4.98 Å². The third-order valence-corrected chi connectivity index (χ3v) is 4.85. The van der Waals surface area contributed by atoms with E-state index in [-0.39, 0.29) is 54.1 Å². The Balaban J connectivity index is 0.000000265. The van der Waals surface area contributed by atoms with Crippen molar-refractivity contribution >= 4 is 17.3 Å². The molecule has 1 aromatic heterocycles. The average Bonchev–Trinajstić information content (AvgIpc) is 3.08. The third-order valence-electron chi connectivity index (χ3n) is 4.85. The number of hydrazone groups is 1. The number of amides is 1. The van der Waals surface area contributed by atoms with Crippen molar-refractivity contribution in [3.63, 3.8) is 0 Å². The molecule has 1 aliphatic heterocycles. The first-order valence-corrected chi connectivity index (χ1v) is 10.8. The van der Waals surface area contributed by atoms with Gasteiger partial charge in [-0.05, 0) is 48.4 Å². The first kappa shape index (κ1) is 28.9. The number of carbonyl (C=O) groups is 1. The predicted octanol–water partition coefficient (Wildman–Crippen LogP) is 6.62. The van der Waals surface area contributed by atoms with Crippen molar-refractivity contribution in [2.75, 3.05) is 5.01 Å². The molecule has 0 unspecified atom stereocenters. The Morgan fingerprint density at radius 3 is 2.28 bits per heavy atom. The minimum absolute atomic E-state index is 0. The molecule has 1 amide bonds. The summed E-state index contributed by atoms with van der Waals surface area (Å²) < 4.78 is 38.7. The molecular formula is C27H25F3IrN3O2-. The van der Waals surface area contributed by atoms with Gasteiger partial charge < -0.3 is 10.1 Å². The fourth-order valence-electron chi connectivity index (χ4n) is 3.34. The molecule has 0 bridgehead atoms. The van der Waals surface area contributed by atoms with Crippen LogP contribution in [-0.2, 0) is 24.9 Å². The maximum Gasteiger partial charge on any atom is 0.284 e. The summed E-state index contributed by atoms with van der Waals surface area (Å²) in [5.74, 6) is -2.01. The number of benzene rings is 2. The van der Waals surface area contributed by atoms with Gasteiger partial charge in [0, 0.05) is 44.4 Å². The number of pyridine rings is 1. The zero-order chi connectivity index (χ0) is 25.8. The van der Waals surface area contributed by atoms with E-state index in [1.165, 1.54) is 29.3 Å². The average molecular weight is 673 g/mol. The standard InChI is InChI=1S/C16H19FN2O2.C11H6F2N.Ir/c1-10-14(13(20)9-16(2,3)4)15(21)19(18-10)12-7-5-11(17)6-8-12;12-8-4-5-9(10(13)7-8)11-3-1-2-6-14-11;/h5-8,20H,9H2,1-4H3;1-4,6-7H;/q;-1;/b14-13-;;. The zero-order valence-electron chi connectivity index (χ0n) is 20.1. The largest absolute Gasteiger partial charge is 0.511 e. The second-order valence-corrected chi connectivity index (χ2v) is 9.09. The van der Waals surface area contributed by atoms with Crippen molar-refractivity contribution in [3.05, 3.63) is 95.6 Å². The van der Waals surface area contributed by atoms with Crippen LogP contribution < -0.4 is 5.01 Å². The van der Waals surface area contributed by atoms with Crippen LogP contribution in [0.15, 0.2) is 77.2 Å². The Morgan fingerprint density at radius 2 is 1.72 bits per heavy atom. The van der Waals surface area contributed by atoms with E-state index in [1.807, 2.05) is 20.8 Å². The molecule has 9 heteroatoms. The molecule has 191 valence electrons. The molecule has 3 aromatic rings. The first-order chi connectivity index (χ1) is 16.5. The van der Waals surface area contributed by atoms with E-state index in [4.69, 9.17) is 0 Å². The summed E-state index contributed by atoms with van der Waals surface area (Å²) in [6.07, 6.45) is 1.93. The van der Waals surface area contributed by atoms with Gasteiger partial charge >= 0.3 is 0 Å². The molecule has 0 atom stereocenters. The Hall–Kier alpha value is -3.29. The zero-order valence-corrected chi connectivity index (χ0v) is 22.5. The SMILES string of the molecule is CC1=NN(c2ccc(F)cc2)C(=O)/C1=C(\O)CC(C)(C)C.Fc1c[c-]c(-c2ccccn2)c(F)c1.[Ir]. The molecule has 4 rings (SSSR count). The number of hydrogen-bond acceptors (Lipinski definition) is 4. The molecule has 0 fully saturated rings. The number of aliphatic hydroxyl groups excluding tert-OH is 1. The van der Waals surface area contributed by atoms with E-state index in [2.05, 4.69) is 16.2 Å². The minimum Gasteiger partial charge on any atom is -0.511 e. The molecule has 1 aliphatic rings. The fraction of sp³-hybridized carbons (Fsp3) is 0.222. The smallest absolute Gasteiger partial charge is 0.284 e. The molecule has 0 spiro atoms. The van der Waals surface area contributed by atoms with Crippen LogP contribution in [0.4, 0.5) is 18.9 Å². The number of carbonyl (C=O) groups excluding carboxylic acids is 1. The first-order valence-electron chi connectivity index (χ1n) is 10.8. The van der Waals surface area contributed by atoms with Crippen LogP contribution in [0.3, 0.4) is 0 Å². The molecule has 2 heterocycles. The van der Waals surface area contributed by atoms with Crippen molar-refractivity contribution < 1.29 is 43.2 Å². The van der Waals surface area contributed by atoms with E-state index in [9.17, 15) is 23.1 Å². The third kappa shape index (κ3) is 7.35. The van der Waals surface area contributed by atoms with Crippen LogP contribution in [0, 0.1) is 28.9 Å². The summed E-state index contributed by atoms with van der Waals surface area (Å²) in [5.41, 5.74) is 1.66. The van der Waals surface area contributed by atoms with Gasteiger partial charge in [0.05, 0.1) is 11.4 Å². The molecule has 0 saturated carbocycles. The van der Waals surface area contributed by atoms with Crippen molar-refractivity contribution in [2.24, 2.45) is 10.5 Å². The van der Waals surface area contributed by atoms with Gasteiger partial charge in [0.15, 0.2) is 0 Å². The Morgan fingerprint density at radius 1 is 1.06 bits per heavy atom. The maximum atomic E-state index is 13.2. The quantitative estimate of drug-likeness (QED) is 0.193. The van der Waals surface area contributed by atoms with Gasteiger partial charge in [-0.25, -0.2) is 4.39 Å². The Labute approximate surface area is 221 Å². The van der Waals surface area contributed by atoms with Gasteiger partial charge in [-0.2, -0.15) is 10.1 Å². The van der Waals surface area contributed by atoms with Gasteiger partial charge in [-0.3, -0.25) is 13.6 Å². The molecule has 1 N–H and O–H groups in total. The van der Waals surface area contributed by atoms with Gasteiger partial charge in [0.25, 0.3) is 5.91 Å². The van der Waals surface area contributed by atoms with Crippen molar-refractivity contribution in [1.29, 1.82) is 0 Å². The van der Waals surface area contributed by atoms with Gasteiger partial charge in [-0.1, -0.05) is 44.5 Å². The van der Waals surface area contributed by atoms with Gasteiger partial charge in [0.2, 0.25) is 0 Å². The Kier molecular flexibility index (Phi) is 9.73. The van der Waals surface area contributed by atoms with E-state index < -0.39 is 11.6 Å². The molecule has 0 aliphatic carbocycles. The Bertz CT molecular complexity index is 1270. The van der Waals surface area contributed by atoms with E-state index in [0.29, 0.717) is 23.5 Å². The summed E-state index contributed by atoms with van der Waals surface area (Å²) in [4.78, 5) is 16.4. The van der Waals surface area contributed by atoms with Crippen LogP contribution in [0.2, 0.25) is 0 Å². The number of aromatic nitrogens is 1. The number of allylic oxidation sites excluding steroid dienone is 1. The summed E-state index contributed by atoms with van der Waals surface area (Å²) in [5, 5.41) is 15.6. The summed E-state index contributed by atoms with van der Waals surface area (Å²) >= 11 is 0. The molecule has 5 nitrogen and oxygen atoms in total. The van der Waals surface area contributed by atoms with E-state index in [0.717, 1.165) is 12.1 Å². The van der Waals surface area contributed by atoms with Gasteiger partial charge in [0.1, 0.15) is 17.1 Å². The van der Waals surface area contributed by atoms with Crippen molar-refractivity contribution in [2.45, 2.75) is 34.1 Å². The second-order valence-electron chi connectivity index (χ2n) is 9.09. The molecule has 2 aromatic carbocycles. The number of aliphatic hydroxyl groups is 1. The van der Waals surface area contributed by atoms with Crippen molar-refractivity contribution in [3.8, 4) is 11.3 Å². The molecule has 0 saturated heterocycles. The maximum absolute atomic E-state index is 13.2. The second kappa shape index (κ2) is 12.1. The summed E-state index contributed by atoms with van der Waals surface area (Å²) in [6.45, 7) is 7.61. The molecular weight excluding hydrogens is 648 g/mol. The van der Waals surface area contributed by atoms with Crippen LogP contribution in [0.1, 0.15) is 34.1 Å². The van der Waals surface area contributed by atoms with E-state index in [1.54, 1.807) is 31.3 Å². The normalized spacial score (nSPS) is 14.5.